The van der Waals surface area contributed by atoms with Gasteiger partial charge in [0.1, 0.15) is 18.1 Å². The number of amides is 1. The van der Waals surface area contributed by atoms with Crippen LogP contribution >= 0.6 is 23.2 Å². The lowest BCUT2D eigenvalue weighted by atomic mass is 10.2. The molecule has 0 saturated carbocycles. The maximum Gasteiger partial charge on any atom is 0.280 e. The lowest BCUT2D eigenvalue weighted by molar-refractivity contribution is -0.127. The Morgan fingerprint density at radius 3 is 2.45 bits per heavy atom. The van der Waals surface area contributed by atoms with Crippen molar-refractivity contribution in [3.63, 3.8) is 0 Å². The molecule has 0 aliphatic heterocycles. The van der Waals surface area contributed by atoms with Crippen molar-refractivity contribution in [2.75, 3.05) is 0 Å². The van der Waals surface area contributed by atoms with Crippen LogP contribution in [0.15, 0.2) is 71.8 Å². The number of aryl methyl sites for hydroxylation is 1. The van der Waals surface area contributed by atoms with Crippen LogP contribution in [-0.4, -0.2) is 18.2 Å². The highest BCUT2D eigenvalue weighted by Crippen LogP contribution is 2.28. The van der Waals surface area contributed by atoms with Crippen LogP contribution in [0, 0.1) is 6.92 Å². The predicted octanol–water partition coefficient (Wildman–Crippen LogP) is 5.80. The number of hydrogen-bond donors (Lipinski definition) is 1. The van der Waals surface area contributed by atoms with Gasteiger partial charge in [-0.1, -0.05) is 53.0 Å². The largest absolute Gasteiger partial charge is 0.489 e. The van der Waals surface area contributed by atoms with Crippen molar-refractivity contribution in [1.82, 2.24) is 5.43 Å². The van der Waals surface area contributed by atoms with Crippen LogP contribution in [0.4, 0.5) is 0 Å². The van der Waals surface area contributed by atoms with Crippen LogP contribution in [0.1, 0.15) is 23.6 Å². The Bertz CT molecular complexity index is 1050. The summed E-state index contributed by atoms with van der Waals surface area (Å²) in [5.74, 6) is 0.725. The molecule has 0 saturated heterocycles. The van der Waals surface area contributed by atoms with Crippen molar-refractivity contribution < 1.29 is 14.3 Å². The van der Waals surface area contributed by atoms with Crippen LogP contribution in [0.2, 0.25) is 10.0 Å². The molecule has 0 fully saturated rings. The van der Waals surface area contributed by atoms with E-state index >= 15 is 0 Å². The molecule has 3 rings (SSSR count). The number of nitrogens with one attached hydrogen (secondary N) is 1. The molecule has 0 aromatic heterocycles. The van der Waals surface area contributed by atoms with E-state index in [0.29, 0.717) is 22.4 Å². The number of benzene rings is 3. The second kappa shape index (κ2) is 10.8. The Hall–Kier alpha value is -3.02. The molecule has 31 heavy (non-hydrogen) atoms. The minimum Gasteiger partial charge on any atom is -0.489 e. The van der Waals surface area contributed by atoms with Crippen molar-refractivity contribution >= 4 is 35.3 Å². The first kappa shape index (κ1) is 22.7. The van der Waals surface area contributed by atoms with Crippen molar-refractivity contribution in [2.45, 2.75) is 26.6 Å². The molecule has 0 radical (unpaired) electrons. The maximum atomic E-state index is 12.2. The highest BCUT2D eigenvalue weighted by molar-refractivity contribution is 6.35. The third kappa shape index (κ3) is 7.02. The van der Waals surface area contributed by atoms with Crippen LogP contribution in [-0.2, 0) is 11.4 Å². The van der Waals surface area contributed by atoms with Gasteiger partial charge in [0.2, 0.25) is 0 Å². The number of halogens is 2. The van der Waals surface area contributed by atoms with Gasteiger partial charge in [0.15, 0.2) is 6.10 Å². The maximum absolute atomic E-state index is 12.2. The predicted molar refractivity (Wildman–Crippen MR) is 124 cm³/mol. The highest BCUT2D eigenvalue weighted by atomic mass is 35.5. The quantitative estimate of drug-likeness (QED) is 0.344. The molecule has 0 spiro atoms. The minimum absolute atomic E-state index is 0.334. The van der Waals surface area contributed by atoms with Crippen molar-refractivity contribution in [2.24, 2.45) is 5.10 Å². The van der Waals surface area contributed by atoms with E-state index in [1.807, 2.05) is 36.4 Å². The molecule has 0 bridgehead atoms. The monoisotopic (exact) mass is 456 g/mol. The van der Waals surface area contributed by atoms with Gasteiger partial charge in [-0.2, -0.15) is 5.10 Å². The standard InChI is InChI=1S/C24H22Cl2N2O3/c1-16-3-5-19(6-4-16)15-30-21-10-7-18(8-11-21)14-27-28-24(29)17(2)31-23-12-9-20(25)13-22(23)26/h3-14,17H,15H2,1-2H3,(H,28,29)/b27-14-/t17-/m1/s1. The van der Waals surface area contributed by atoms with E-state index in [-0.39, 0.29) is 0 Å². The van der Waals surface area contributed by atoms with Crippen LogP contribution in [0.5, 0.6) is 11.5 Å². The fourth-order valence-electron chi connectivity index (χ4n) is 2.58. The van der Waals surface area contributed by atoms with Gasteiger partial charge in [0, 0.05) is 5.02 Å². The van der Waals surface area contributed by atoms with E-state index in [0.717, 1.165) is 16.9 Å². The summed E-state index contributed by atoms with van der Waals surface area (Å²) in [6.45, 7) is 4.16. The summed E-state index contributed by atoms with van der Waals surface area (Å²) in [6.07, 6.45) is 0.761. The summed E-state index contributed by atoms with van der Waals surface area (Å²) >= 11 is 11.9. The minimum atomic E-state index is -0.784. The number of rotatable bonds is 8. The topological polar surface area (TPSA) is 59.9 Å². The molecule has 0 unspecified atom stereocenters. The molecule has 160 valence electrons. The van der Waals surface area contributed by atoms with Crippen LogP contribution in [0.25, 0.3) is 0 Å². The van der Waals surface area contributed by atoms with Gasteiger partial charge in [-0.3, -0.25) is 4.79 Å². The van der Waals surface area contributed by atoms with E-state index in [1.54, 1.807) is 31.3 Å². The normalized spacial score (nSPS) is 11.9. The zero-order valence-electron chi connectivity index (χ0n) is 17.1. The zero-order chi connectivity index (χ0) is 22.2. The smallest absolute Gasteiger partial charge is 0.280 e. The number of carbonyl (C=O) groups is 1. The third-order valence-corrected chi connectivity index (χ3v) is 4.89. The van der Waals surface area contributed by atoms with Gasteiger partial charge in [0.25, 0.3) is 5.91 Å². The second-order valence-corrected chi connectivity index (χ2v) is 7.76. The zero-order valence-corrected chi connectivity index (χ0v) is 18.7. The fraction of sp³-hybridized carbons (Fsp3) is 0.167. The van der Waals surface area contributed by atoms with Gasteiger partial charge >= 0.3 is 0 Å². The summed E-state index contributed by atoms with van der Waals surface area (Å²) in [6, 6.07) is 20.4. The highest BCUT2D eigenvalue weighted by Gasteiger charge is 2.15. The Morgan fingerprint density at radius 2 is 1.77 bits per heavy atom. The molecule has 3 aromatic carbocycles. The van der Waals surface area contributed by atoms with Gasteiger partial charge in [0.05, 0.1) is 11.2 Å². The Morgan fingerprint density at radius 1 is 1.06 bits per heavy atom. The molecular formula is C24H22Cl2N2O3. The molecule has 5 nitrogen and oxygen atoms in total. The molecule has 1 atom stereocenters. The lowest BCUT2D eigenvalue weighted by Gasteiger charge is -2.14. The van der Waals surface area contributed by atoms with E-state index in [9.17, 15) is 4.79 Å². The van der Waals surface area contributed by atoms with Gasteiger partial charge < -0.3 is 9.47 Å². The average molecular weight is 457 g/mol. The molecule has 1 N–H and O–H groups in total. The molecule has 1 amide bonds. The molecule has 0 aliphatic carbocycles. The van der Waals surface area contributed by atoms with E-state index in [2.05, 4.69) is 29.6 Å². The molecule has 3 aromatic rings. The summed E-state index contributed by atoms with van der Waals surface area (Å²) in [7, 11) is 0. The van der Waals surface area contributed by atoms with Gasteiger partial charge in [-0.25, -0.2) is 5.43 Å². The van der Waals surface area contributed by atoms with Crippen molar-refractivity contribution in [3.05, 3.63) is 93.5 Å². The molecule has 0 heterocycles. The van der Waals surface area contributed by atoms with Gasteiger partial charge in [-0.05, 0) is 67.4 Å². The number of hydrazone groups is 1. The van der Waals surface area contributed by atoms with Crippen molar-refractivity contribution in [1.29, 1.82) is 0 Å². The fourth-order valence-corrected chi connectivity index (χ4v) is 3.03. The summed E-state index contributed by atoms with van der Waals surface area (Å²) in [5.41, 5.74) is 5.59. The second-order valence-electron chi connectivity index (χ2n) is 6.91. The summed E-state index contributed by atoms with van der Waals surface area (Å²) < 4.78 is 11.3. The number of hydrogen-bond acceptors (Lipinski definition) is 4. The number of carbonyl (C=O) groups excluding carboxylic acids is 1. The average Bonchev–Trinajstić information content (AvgIpc) is 2.76. The number of nitrogens with zero attached hydrogens (tertiary/aromatic N) is 1. The number of ether oxygens (including phenoxy) is 2. The first-order chi connectivity index (χ1) is 14.9. The first-order valence-corrected chi connectivity index (χ1v) is 10.4. The third-order valence-electron chi connectivity index (χ3n) is 4.36. The Kier molecular flexibility index (Phi) is 7.93. The van der Waals surface area contributed by atoms with E-state index in [1.165, 1.54) is 5.56 Å². The molecule has 0 aliphatic rings. The Balaban J connectivity index is 1.47. The summed E-state index contributed by atoms with van der Waals surface area (Å²) in [5, 5.41) is 4.80. The van der Waals surface area contributed by atoms with Crippen LogP contribution < -0.4 is 14.9 Å². The Labute approximate surface area is 191 Å². The van der Waals surface area contributed by atoms with Gasteiger partial charge in [-0.15, -0.1) is 0 Å². The first-order valence-electron chi connectivity index (χ1n) is 9.64. The molecule has 7 heteroatoms. The van der Waals surface area contributed by atoms with Crippen LogP contribution in [0.3, 0.4) is 0 Å². The summed E-state index contributed by atoms with van der Waals surface area (Å²) in [4.78, 5) is 12.2. The SMILES string of the molecule is Cc1ccc(COc2ccc(/C=N\NC(=O)[C@@H](C)Oc3ccc(Cl)cc3Cl)cc2)cc1. The lowest BCUT2D eigenvalue weighted by Crippen LogP contribution is -2.33. The van der Waals surface area contributed by atoms with Crippen molar-refractivity contribution in [3.8, 4) is 11.5 Å². The van der Waals surface area contributed by atoms with E-state index in [4.69, 9.17) is 32.7 Å². The molecular weight excluding hydrogens is 435 g/mol. The van der Waals surface area contributed by atoms with E-state index < -0.39 is 12.0 Å².